The summed E-state index contributed by atoms with van der Waals surface area (Å²) in [4.78, 5) is 36.2. The number of rotatable bonds is 5. The van der Waals surface area contributed by atoms with E-state index in [1.165, 1.54) is 12.1 Å². The first-order chi connectivity index (χ1) is 14.0. The number of anilines is 1. The summed E-state index contributed by atoms with van der Waals surface area (Å²) >= 11 is 0. The number of nitrogens with one attached hydrogen (secondary N) is 3. The molecule has 0 fully saturated rings. The van der Waals surface area contributed by atoms with Crippen LogP contribution in [0.15, 0.2) is 48.5 Å². The first-order valence-electron chi connectivity index (χ1n) is 9.51. The number of amides is 3. The van der Waals surface area contributed by atoms with Gasteiger partial charge < -0.3 is 9.47 Å². The molecule has 2 aromatic carbocycles. The number of carbonyl (C=O) groups is 3. The second-order valence-corrected chi connectivity index (χ2v) is 7.80. The highest BCUT2D eigenvalue weighted by molar-refractivity contribution is 5.99. The summed E-state index contributed by atoms with van der Waals surface area (Å²) in [7, 11) is 0. The van der Waals surface area contributed by atoms with Crippen LogP contribution in [0.3, 0.4) is 0 Å². The largest absolute Gasteiger partial charge is 0.491 e. The van der Waals surface area contributed by atoms with Crippen LogP contribution in [0.1, 0.15) is 55.3 Å². The molecule has 0 saturated heterocycles. The van der Waals surface area contributed by atoms with Gasteiger partial charge in [0.25, 0.3) is 11.8 Å². The Kier molecular flexibility index (Phi) is 7.41. The van der Waals surface area contributed by atoms with E-state index >= 15 is 0 Å². The molecule has 3 amide bonds. The van der Waals surface area contributed by atoms with E-state index in [0.29, 0.717) is 22.6 Å². The Balaban J connectivity index is 1.87. The van der Waals surface area contributed by atoms with E-state index in [1.54, 1.807) is 57.2 Å². The summed E-state index contributed by atoms with van der Waals surface area (Å²) in [6, 6.07) is 12.8. The summed E-state index contributed by atoms with van der Waals surface area (Å²) < 4.78 is 10.7. The van der Waals surface area contributed by atoms with Gasteiger partial charge in [0.05, 0.1) is 6.10 Å². The zero-order valence-electron chi connectivity index (χ0n) is 17.7. The quantitative estimate of drug-likeness (QED) is 0.645. The predicted octanol–water partition coefficient (Wildman–Crippen LogP) is 3.90. The van der Waals surface area contributed by atoms with Crippen molar-refractivity contribution in [3.8, 4) is 5.75 Å². The van der Waals surface area contributed by atoms with Gasteiger partial charge in [-0.1, -0.05) is 0 Å². The second-order valence-electron chi connectivity index (χ2n) is 7.80. The molecule has 0 bridgehead atoms. The Morgan fingerprint density at radius 2 is 1.27 bits per heavy atom. The smallest absolute Gasteiger partial charge is 0.412 e. The normalized spacial score (nSPS) is 10.9. The van der Waals surface area contributed by atoms with Crippen molar-refractivity contribution in [1.82, 2.24) is 10.9 Å². The molecule has 0 aliphatic rings. The number of hydrogen-bond acceptors (Lipinski definition) is 5. The maximum Gasteiger partial charge on any atom is 0.412 e. The van der Waals surface area contributed by atoms with Crippen molar-refractivity contribution >= 4 is 23.6 Å². The van der Waals surface area contributed by atoms with E-state index in [1.807, 2.05) is 13.8 Å². The van der Waals surface area contributed by atoms with Gasteiger partial charge in [-0.2, -0.15) is 0 Å². The third-order valence-electron chi connectivity index (χ3n) is 3.57. The fraction of sp³-hybridized carbons (Fsp3) is 0.318. The van der Waals surface area contributed by atoms with Gasteiger partial charge in [-0.3, -0.25) is 25.8 Å². The summed E-state index contributed by atoms with van der Waals surface area (Å²) in [6.45, 7) is 9.12. The number of hydrazine groups is 1. The molecule has 30 heavy (non-hydrogen) atoms. The molecular formula is C22H27N3O5. The minimum Gasteiger partial charge on any atom is -0.491 e. The van der Waals surface area contributed by atoms with E-state index in [0.717, 1.165) is 0 Å². The van der Waals surface area contributed by atoms with Crippen LogP contribution >= 0.6 is 0 Å². The van der Waals surface area contributed by atoms with E-state index in [-0.39, 0.29) is 6.10 Å². The predicted molar refractivity (Wildman–Crippen MR) is 113 cm³/mol. The van der Waals surface area contributed by atoms with Crippen LogP contribution in [-0.2, 0) is 4.74 Å². The summed E-state index contributed by atoms with van der Waals surface area (Å²) in [6.07, 6.45) is -0.550. The van der Waals surface area contributed by atoms with Crippen LogP contribution in [0, 0.1) is 0 Å². The average Bonchev–Trinajstić information content (AvgIpc) is 2.65. The molecular weight excluding hydrogens is 386 g/mol. The molecule has 0 saturated carbocycles. The van der Waals surface area contributed by atoms with E-state index in [9.17, 15) is 14.4 Å². The van der Waals surface area contributed by atoms with Gasteiger partial charge in [0.1, 0.15) is 11.4 Å². The highest BCUT2D eigenvalue weighted by Gasteiger charge is 2.16. The second kappa shape index (κ2) is 9.78. The highest BCUT2D eigenvalue weighted by Crippen LogP contribution is 2.14. The molecule has 0 heterocycles. The standard InChI is InChI=1S/C22H27N3O5/c1-14(2)29-18-12-8-16(9-13-18)20(27)25-24-19(26)15-6-10-17(11-7-15)23-21(28)30-22(3,4)5/h6-14H,1-5H3,(H,23,28)(H,24,26)(H,25,27). The molecule has 0 atom stereocenters. The van der Waals surface area contributed by atoms with Crippen LogP contribution in [0.25, 0.3) is 0 Å². The lowest BCUT2D eigenvalue weighted by atomic mass is 10.2. The lowest BCUT2D eigenvalue weighted by molar-refractivity contribution is 0.0635. The topological polar surface area (TPSA) is 106 Å². The van der Waals surface area contributed by atoms with Gasteiger partial charge in [-0.15, -0.1) is 0 Å². The molecule has 3 N–H and O–H groups in total. The van der Waals surface area contributed by atoms with Crippen LogP contribution in [0.5, 0.6) is 5.75 Å². The molecule has 2 aromatic rings. The van der Waals surface area contributed by atoms with Crippen molar-refractivity contribution in [1.29, 1.82) is 0 Å². The van der Waals surface area contributed by atoms with Gasteiger partial charge in [-0.25, -0.2) is 4.79 Å². The monoisotopic (exact) mass is 413 g/mol. The zero-order valence-corrected chi connectivity index (χ0v) is 17.7. The Morgan fingerprint density at radius 1 is 0.800 bits per heavy atom. The number of benzene rings is 2. The van der Waals surface area contributed by atoms with E-state index < -0.39 is 23.5 Å². The molecule has 8 heteroatoms. The molecule has 0 spiro atoms. The summed E-state index contributed by atoms with van der Waals surface area (Å²) in [5, 5.41) is 2.58. The Bertz CT molecular complexity index is 884. The van der Waals surface area contributed by atoms with E-state index in [4.69, 9.17) is 9.47 Å². The van der Waals surface area contributed by atoms with Gasteiger partial charge in [0, 0.05) is 16.8 Å². The van der Waals surface area contributed by atoms with Crippen LogP contribution < -0.4 is 20.9 Å². The van der Waals surface area contributed by atoms with Crippen molar-refractivity contribution in [2.75, 3.05) is 5.32 Å². The van der Waals surface area contributed by atoms with Gasteiger partial charge in [0.15, 0.2) is 0 Å². The van der Waals surface area contributed by atoms with Gasteiger partial charge in [-0.05, 0) is 83.1 Å². The van der Waals surface area contributed by atoms with Crippen molar-refractivity contribution in [3.05, 3.63) is 59.7 Å². The Morgan fingerprint density at radius 3 is 1.70 bits per heavy atom. The third-order valence-corrected chi connectivity index (χ3v) is 3.57. The summed E-state index contributed by atoms with van der Waals surface area (Å²) in [5.74, 6) is -0.291. The Labute approximate surface area is 175 Å². The third kappa shape index (κ3) is 7.46. The fourth-order valence-electron chi connectivity index (χ4n) is 2.34. The van der Waals surface area contributed by atoms with Gasteiger partial charge >= 0.3 is 6.09 Å². The van der Waals surface area contributed by atoms with Crippen molar-refractivity contribution in [2.24, 2.45) is 0 Å². The van der Waals surface area contributed by atoms with Crippen LogP contribution in [0.4, 0.5) is 10.5 Å². The number of ether oxygens (including phenoxy) is 2. The zero-order chi connectivity index (χ0) is 22.3. The first-order valence-corrected chi connectivity index (χ1v) is 9.51. The highest BCUT2D eigenvalue weighted by atomic mass is 16.6. The lowest BCUT2D eigenvalue weighted by Crippen LogP contribution is -2.41. The SMILES string of the molecule is CC(C)Oc1ccc(C(=O)NNC(=O)c2ccc(NC(=O)OC(C)(C)C)cc2)cc1. The molecule has 8 nitrogen and oxygen atoms in total. The maximum atomic E-state index is 12.2. The lowest BCUT2D eigenvalue weighted by Gasteiger charge is -2.19. The molecule has 2 rings (SSSR count). The number of carbonyl (C=O) groups excluding carboxylic acids is 3. The molecule has 0 unspecified atom stereocenters. The van der Waals surface area contributed by atoms with Crippen molar-refractivity contribution < 1.29 is 23.9 Å². The molecule has 0 aromatic heterocycles. The molecule has 0 aliphatic heterocycles. The molecule has 0 radical (unpaired) electrons. The van der Waals surface area contributed by atoms with Gasteiger partial charge in [0.2, 0.25) is 0 Å². The minimum absolute atomic E-state index is 0.0367. The van der Waals surface area contributed by atoms with Crippen molar-refractivity contribution in [3.63, 3.8) is 0 Å². The fourth-order valence-corrected chi connectivity index (χ4v) is 2.34. The van der Waals surface area contributed by atoms with Crippen molar-refractivity contribution in [2.45, 2.75) is 46.3 Å². The Hall–Kier alpha value is -3.55. The molecule has 0 aliphatic carbocycles. The minimum atomic E-state index is -0.607. The number of hydrogen-bond donors (Lipinski definition) is 3. The average molecular weight is 413 g/mol. The maximum absolute atomic E-state index is 12.2. The van der Waals surface area contributed by atoms with Crippen LogP contribution in [0.2, 0.25) is 0 Å². The summed E-state index contributed by atoms with van der Waals surface area (Å²) in [5.41, 5.74) is 5.28. The van der Waals surface area contributed by atoms with E-state index in [2.05, 4.69) is 16.2 Å². The molecule has 160 valence electrons. The van der Waals surface area contributed by atoms with Crippen LogP contribution in [-0.4, -0.2) is 29.6 Å². The first kappa shape index (κ1) is 22.7.